The van der Waals surface area contributed by atoms with Crippen molar-refractivity contribution in [3.8, 4) is 11.8 Å². The Hall–Kier alpha value is -2.88. The molecule has 2 aromatic rings. The van der Waals surface area contributed by atoms with Crippen LogP contribution >= 0.6 is 0 Å². The standard InChI is InChI=1S/C11H7FN4O2/c12-6-2-1-3-7(4-6)16-10(14)8(5-13)9(15-16)11(17)18/h1-4H,14H2,(H,17,18). The number of aromatic nitrogens is 2. The van der Waals surface area contributed by atoms with Gasteiger partial charge in [-0.1, -0.05) is 6.07 Å². The molecule has 7 heteroatoms. The number of hydrogen-bond donors (Lipinski definition) is 2. The van der Waals surface area contributed by atoms with Gasteiger partial charge in [0.05, 0.1) is 5.69 Å². The molecule has 0 amide bonds. The summed E-state index contributed by atoms with van der Waals surface area (Å²) in [5.41, 5.74) is 5.17. The maximum atomic E-state index is 13.1. The van der Waals surface area contributed by atoms with Gasteiger partial charge in [-0.25, -0.2) is 13.9 Å². The predicted octanol–water partition coefficient (Wildman–Crippen LogP) is 1.16. The lowest BCUT2D eigenvalue weighted by Crippen LogP contribution is -2.03. The number of carbonyl (C=O) groups is 1. The van der Waals surface area contributed by atoms with Crippen LogP contribution in [-0.4, -0.2) is 20.9 Å². The first-order valence-corrected chi connectivity index (χ1v) is 4.82. The highest BCUT2D eigenvalue weighted by Crippen LogP contribution is 2.20. The zero-order valence-electron chi connectivity index (χ0n) is 8.96. The first-order chi connectivity index (χ1) is 8.54. The summed E-state index contributed by atoms with van der Waals surface area (Å²) in [6.07, 6.45) is 0. The van der Waals surface area contributed by atoms with Gasteiger partial charge in [0.25, 0.3) is 0 Å². The summed E-state index contributed by atoms with van der Waals surface area (Å²) in [4.78, 5) is 10.9. The maximum Gasteiger partial charge on any atom is 0.357 e. The summed E-state index contributed by atoms with van der Waals surface area (Å²) >= 11 is 0. The quantitative estimate of drug-likeness (QED) is 0.827. The highest BCUT2D eigenvalue weighted by molar-refractivity contribution is 5.90. The molecule has 1 heterocycles. The van der Waals surface area contributed by atoms with E-state index in [4.69, 9.17) is 16.1 Å². The molecule has 1 aromatic carbocycles. The van der Waals surface area contributed by atoms with Crippen molar-refractivity contribution in [1.82, 2.24) is 9.78 Å². The summed E-state index contributed by atoms with van der Waals surface area (Å²) in [7, 11) is 0. The third-order valence-corrected chi connectivity index (χ3v) is 2.29. The fourth-order valence-corrected chi connectivity index (χ4v) is 1.50. The first kappa shape index (κ1) is 11.6. The highest BCUT2D eigenvalue weighted by Gasteiger charge is 2.21. The molecule has 0 aliphatic carbocycles. The molecule has 0 spiro atoms. The van der Waals surface area contributed by atoms with Crippen LogP contribution in [-0.2, 0) is 0 Å². The molecule has 2 rings (SSSR count). The van der Waals surface area contributed by atoms with E-state index in [2.05, 4.69) is 5.10 Å². The van der Waals surface area contributed by atoms with E-state index >= 15 is 0 Å². The van der Waals surface area contributed by atoms with E-state index in [1.807, 2.05) is 0 Å². The molecule has 0 radical (unpaired) electrons. The van der Waals surface area contributed by atoms with Crippen molar-refractivity contribution in [1.29, 1.82) is 5.26 Å². The average Bonchev–Trinajstić information content (AvgIpc) is 2.66. The van der Waals surface area contributed by atoms with E-state index in [0.717, 1.165) is 10.7 Å². The molecule has 0 aliphatic heterocycles. The second-order valence-corrected chi connectivity index (χ2v) is 3.42. The van der Waals surface area contributed by atoms with Crippen molar-refractivity contribution in [3.05, 3.63) is 41.3 Å². The van der Waals surface area contributed by atoms with Gasteiger partial charge in [0, 0.05) is 0 Å². The Bertz CT molecular complexity index is 672. The van der Waals surface area contributed by atoms with E-state index in [1.165, 1.54) is 18.2 Å². The summed E-state index contributed by atoms with van der Waals surface area (Å²) in [6.45, 7) is 0. The molecule has 0 unspecified atom stereocenters. The van der Waals surface area contributed by atoms with Crippen LogP contribution in [0.3, 0.4) is 0 Å². The van der Waals surface area contributed by atoms with Crippen LogP contribution in [0.1, 0.15) is 16.1 Å². The van der Waals surface area contributed by atoms with Crippen LogP contribution in [0.2, 0.25) is 0 Å². The highest BCUT2D eigenvalue weighted by atomic mass is 19.1. The van der Waals surface area contributed by atoms with E-state index in [1.54, 1.807) is 6.07 Å². The number of carboxylic acids is 1. The van der Waals surface area contributed by atoms with Gasteiger partial charge >= 0.3 is 5.97 Å². The molecule has 0 bridgehead atoms. The van der Waals surface area contributed by atoms with Crippen molar-refractivity contribution in [3.63, 3.8) is 0 Å². The summed E-state index contributed by atoms with van der Waals surface area (Å²) < 4.78 is 14.1. The lowest BCUT2D eigenvalue weighted by atomic mass is 10.2. The fourth-order valence-electron chi connectivity index (χ4n) is 1.50. The van der Waals surface area contributed by atoms with Crippen LogP contribution in [0.5, 0.6) is 0 Å². The summed E-state index contributed by atoms with van der Waals surface area (Å²) in [6, 6.07) is 6.96. The smallest absolute Gasteiger partial charge is 0.357 e. The molecule has 18 heavy (non-hydrogen) atoms. The second kappa shape index (κ2) is 4.18. The molecule has 0 atom stereocenters. The lowest BCUT2D eigenvalue weighted by Gasteiger charge is -2.03. The van der Waals surface area contributed by atoms with Crippen LogP contribution in [0.25, 0.3) is 5.69 Å². The Labute approximate surface area is 101 Å². The molecular formula is C11H7FN4O2. The number of benzene rings is 1. The van der Waals surface area contributed by atoms with Gasteiger partial charge in [-0.2, -0.15) is 10.4 Å². The number of nitrogen functional groups attached to an aromatic ring is 1. The van der Waals surface area contributed by atoms with Crippen LogP contribution in [0.4, 0.5) is 10.2 Å². The van der Waals surface area contributed by atoms with Crippen molar-refractivity contribution < 1.29 is 14.3 Å². The van der Waals surface area contributed by atoms with Crippen LogP contribution < -0.4 is 5.73 Å². The third-order valence-electron chi connectivity index (χ3n) is 2.29. The van der Waals surface area contributed by atoms with Crippen molar-refractivity contribution in [2.45, 2.75) is 0 Å². The van der Waals surface area contributed by atoms with Gasteiger partial charge in [-0.05, 0) is 18.2 Å². The number of hydrogen-bond acceptors (Lipinski definition) is 4. The van der Waals surface area contributed by atoms with Gasteiger partial charge in [0.2, 0.25) is 0 Å². The maximum absolute atomic E-state index is 13.1. The van der Waals surface area contributed by atoms with Gasteiger partial charge in [-0.15, -0.1) is 0 Å². The molecule has 3 N–H and O–H groups in total. The zero-order valence-corrected chi connectivity index (χ0v) is 8.96. The number of halogens is 1. The van der Waals surface area contributed by atoms with Crippen LogP contribution in [0, 0.1) is 17.1 Å². The number of aromatic carboxylic acids is 1. The molecule has 90 valence electrons. The van der Waals surface area contributed by atoms with Crippen molar-refractivity contribution in [2.24, 2.45) is 0 Å². The number of nitriles is 1. The van der Waals surface area contributed by atoms with Crippen molar-refractivity contribution in [2.75, 3.05) is 5.73 Å². The SMILES string of the molecule is N#Cc1c(C(=O)O)nn(-c2cccc(F)c2)c1N. The monoisotopic (exact) mass is 246 g/mol. The fraction of sp³-hybridized carbons (Fsp3) is 0. The molecule has 0 fully saturated rings. The van der Waals surface area contributed by atoms with Gasteiger partial charge in [-0.3, -0.25) is 0 Å². The number of carboxylic acid groups (broad SMARTS) is 1. The topological polar surface area (TPSA) is 105 Å². The largest absolute Gasteiger partial charge is 0.476 e. The van der Waals surface area contributed by atoms with Crippen molar-refractivity contribution >= 4 is 11.8 Å². The van der Waals surface area contributed by atoms with E-state index in [0.29, 0.717) is 0 Å². The number of nitrogens with two attached hydrogens (primary N) is 1. The molecular weight excluding hydrogens is 239 g/mol. The normalized spacial score (nSPS) is 10.0. The molecule has 0 saturated heterocycles. The first-order valence-electron chi connectivity index (χ1n) is 4.82. The van der Waals surface area contributed by atoms with Crippen LogP contribution in [0.15, 0.2) is 24.3 Å². The Balaban J connectivity index is 2.67. The Morgan fingerprint density at radius 2 is 2.28 bits per heavy atom. The van der Waals surface area contributed by atoms with Gasteiger partial charge in [0.15, 0.2) is 5.69 Å². The lowest BCUT2D eigenvalue weighted by molar-refractivity contribution is 0.0689. The minimum atomic E-state index is -1.37. The zero-order chi connectivity index (χ0) is 13.3. The van der Waals surface area contributed by atoms with E-state index in [9.17, 15) is 9.18 Å². The number of anilines is 1. The Morgan fingerprint density at radius 3 is 2.78 bits per heavy atom. The minimum Gasteiger partial charge on any atom is -0.476 e. The average molecular weight is 246 g/mol. The van der Waals surface area contributed by atoms with E-state index < -0.39 is 17.5 Å². The molecule has 6 nitrogen and oxygen atoms in total. The number of rotatable bonds is 2. The third kappa shape index (κ3) is 1.76. The Kier molecular flexibility index (Phi) is 2.69. The second-order valence-electron chi connectivity index (χ2n) is 3.42. The minimum absolute atomic E-state index is 0.138. The number of nitrogens with zero attached hydrogens (tertiary/aromatic N) is 3. The summed E-state index contributed by atoms with van der Waals surface area (Å²) in [5, 5.41) is 21.4. The predicted molar refractivity (Wildman–Crippen MR) is 59.6 cm³/mol. The summed E-state index contributed by atoms with van der Waals surface area (Å²) in [5.74, 6) is -2.02. The molecule has 0 saturated carbocycles. The molecule has 0 aliphatic rings. The van der Waals surface area contributed by atoms with Gasteiger partial charge < -0.3 is 10.8 Å². The van der Waals surface area contributed by atoms with E-state index in [-0.39, 0.29) is 17.1 Å². The molecule has 1 aromatic heterocycles. The van der Waals surface area contributed by atoms with Gasteiger partial charge in [0.1, 0.15) is 23.3 Å². The Morgan fingerprint density at radius 1 is 1.56 bits per heavy atom.